The first-order chi connectivity index (χ1) is 17.9. The van der Waals surface area contributed by atoms with Crippen molar-refractivity contribution < 1.29 is 14.3 Å². The molecular formula is C32H34N2O3. The number of carbonyl (C=O) groups is 2. The minimum Gasteiger partial charge on any atom is -0.493 e. The Bertz CT molecular complexity index is 1300. The number of benzene rings is 3. The molecule has 190 valence electrons. The molecule has 0 saturated heterocycles. The van der Waals surface area contributed by atoms with Crippen molar-refractivity contribution in [3.05, 3.63) is 89.0 Å². The molecule has 3 aromatic carbocycles. The van der Waals surface area contributed by atoms with E-state index in [1.807, 2.05) is 24.3 Å². The highest BCUT2D eigenvalue weighted by Crippen LogP contribution is 2.31. The number of nitrogens with one attached hydrogen (secondary N) is 1. The van der Waals surface area contributed by atoms with Crippen LogP contribution in [0.3, 0.4) is 0 Å². The monoisotopic (exact) mass is 494 g/mol. The van der Waals surface area contributed by atoms with Crippen LogP contribution in [0.2, 0.25) is 0 Å². The van der Waals surface area contributed by atoms with Crippen LogP contribution >= 0.6 is 0 Å². The SMILES string of the molecule is Cc1ccc(-c2ccc3c(c2)C=C(C(=O)Nc2ccc(CN(C)C4CCC(=O)CC4)cc2)CCO3)cc1. The maximum atomic E-state index is 13.1. The van der Waals surface area contributed by atoms with E-state index in [0.29, 0.717) is 43.3 Å². The lowest BCUT2D eigenvalue weighted by Gasteiger charge is -2.30. The summed E-state index contributed by atoms with van der Waals surface area (Å²) in [6, 6.07) is 23.1. The van der Waals surface area contributed by atoms with Gasteiger partial charge in [0.1, 0.15) is 11.5 Å². The van der Waals surface area contributed by atoms with Gasteiger partial charge in [0.15, 0.2) is 0 Å². The zero-order valence-corrected chi connectivity index (χ0v) is 21.6. The Kier molecular flexibility index (Phi) is 7.52. The van der Waals surface area contributed by atoms with Crippen LogP contribution in [0, 0.1) is 6.92 Å². The first-order valence-electron chi connectivity index (χ1n) is 13.1. The predicted octanol–water partition coefficient (Wildman–Crippen LogP) is 6.41. The van der Waals surface area contributed by atoms with Crippen LogP contribution in [0.1, 0.15) is 48.8 Å². The number of Topliss-reactive ketones (excluding diaryl/α,β-unsaturated/α-hetero) is 1. The van der Waals surface area contributed by atoms with Crippen molar-refractivity contribution in [1.82, 2.24) is 4.90 Å². The fourth-order valence-corrected chi connectivity index (χ4v) is 5.12. The maximum Gasteiger partial charge on any atom is 0.251 e. The fraction of sp³-hybridized carbons (Fsp3) is 0.312. The summed E-state index contributed by atoms with van der Waals surface area (Å²) in [5, 5.41) is 3.06. The molecule has 37 heavy (non-hydrogen) atoms. The summed E-state index contributed by atoms with van der Waals surface area (Å²) in [6.45, 7) is 3.37. The summed E-state index contributed by atoms with van der Waals surface area (Å²) in [7, 11) is 2.12. The van der Waals surface area contributed by atoms with Crippen LogP contribution in [0.4, 0.5) is 5.69 Å². The minimum atomic E-state index is -0.103. The van der Waals surface area contributed by atoms with Crippen molar-refractivity contribution in [3.63, 3.8) is 0 Å². The molecule has 1 saturated carbocycles. The van der Waals surface area contributed by atoms with E-state index >= 15 is 0 Å². The average Bonchev–Trinajstić information content (AvgIpc) is 3.13. The molecule has 0 aromatic heterocycles. The number of amides is 1. The van der Waals surface area contributed by atoms with Crippen LogP contribution in [-0.4, -0.2) is 36.3 Å². The molecule has 0 spiro atoms. The number of rotatable bonds is 6. The van der Waals surface area contributed by atoms with Gasteiger partial charge in [-0.05, 0) is 73.8 Å². The van der Waals surface area contributed by atoms with E-state index < -0.39 is 0 Å². The molecule has 3 aromatic rings. The third kappa shape index (κ3) is 6.17. The molecule has 0 unspecified atom stereocenters. The number of anilines is 1. The molecule has 0 bridgehead atoms. The largest absolute Gasteiger partial charge is 0.493 e. The van der Waals surface area contributed by atoms with Gasteiger partial charge in [-0.25, -0.2) is 0 Å². The van der Waals surface area contributed by atoms with E-state index in [1.165, 1.54) is 11.1 Å². The van der Waals surface area contributed by atoms with E-state index in [1.54, 1.807) is 0 Å². The summed E-state index contributed by atoms with van der Waals surface area (Å²) < 4.78 is 5.94. The van der Waals surface area contributed by atoms with Crippen molar-refractivity contribution in [3.8, 4) is 16.9 Å². The van der Waals surface area contributed by atoms with E-state index in [2.05, 4.69) is 72.7 Å². The second-order valence-corrected chi connectivity index (χ2v) is 10.2. The maximum absolute atomic E-state index is 13.1. The van der Waals surface area contributed by atoms with Gasteiger partial charge in [-0.15, -0.1) is 0 Å². The molecule has 5 rings (SSSR count). The number of aryl methyl sites for hydroxylation is 1. The Morgan fingerprint density at radius 1 is 0.946 bits per heavy atom. The van der Waals surface area contributed by atoms with Crippen molar-refractivity contribution in [2.24, 2.45) is 0 Å². The van der Waals surface area contributed by atoms with Gasteiger partial charge >= 0.3 is 0 Å². The van der Waals surface area contributed by atoms with Gasteiger partial charge in [0, 0.05) is 48.7 Å². The molecular weight excluding hydrogens is 460 g/mol. The zero-order chi connectivity index (χ0) is 25.8. The molecule has 0 atom stereocenters. The quantitative estimate of drug-likeness (QED) is 0.430. The van der Waals surface area contributed by atoms with Crippen molar-refractivity contribution in [2.45, 2.75) is 51.6 Å². The highest BCUT2D eigenvalue weighted by atomic mass is 16.5. The lowest BCUT2D eigenvalue weighted by Crippen LogP contribution is -2.34. The van der Waals surface area contributed by atoms with E-state index in [-0.39, 0.29) is 5.91 Å². The molecule has 1 fully saturated rings. The number of fused-ring (bicyclic) bond motifs is 1. The Hall–Kier alpha value is -3.70. The number of hydrogen-bond acceptors (Lipinski definition) is 4. The lowest BCUT2D eigenvalue weighted by molar-refractivity contribution is -0.121. The summed E-state index contributed by atoms with van der Waals surface area (Å²) >= 11 is 0. The van der Waals surface area contributed by atoms with Crippen LogP contribution in [0.15, 0.2) is 72.3 Å². The van der Waals surface area contributed by atoms with Gasteiger partial charge < -0.3 is 10.1 Å². The zero-order valence-electron chi connectivity index (χ0n) is 21.6. The van der Waals surface area contributed by atoms with Gasteiger partial charge in [0.25, 0.3) is 5.91 Å². The molecule has 0 radical (unpaired) electrons. The van der Waals surface area contributed by atoms with Crippen LogP contribution < -0.4 is 10.1 Å². The Morgan fingerprint density at radius 2 is 1.65 bits per heavy atom. The van der Waals surface area contributed by atoms with Crippen molar-refractivity contribution in [2.75, 3.05) is 19.0 Å². The van der Waals surface area contributed by atoms with E-state index in [4.69, 9.17) is 4.74 Å². The van der Waals surface area contributed by atoms with Crippen molar-refractivity contribution in [1.29, 1.82) is 0 Å². The van der Waals surface area contributed by atoms with Gasteiger partial charge in [0.2, 0.25) is 0 Å². The van der Waals surface area contributed by atoms with Gasteiger partial charge in [0.05, 0.1) is 6.61 Å². The molecule has 2 aliphatic rings. The number of ketones is 1. The van der Waals surface area contributed by atoms with Crippen LogP contribution in [0.5, 0.6) is 5.75 Å². The smallest absolute Gasteiger partial charge is 0.251 e. The van der Waals surface area contributed by atoms with Crippen LogP contribution in [0.25, 0.3) is 17.2 Å². The molecule has 1 amide bonds. The van der Waals surface area contributed by atoms with Gasteiger partial charge in [-0.1, -0.05) is 48.0 Å². The van der Waals surface area contributed by atoms with E-state index in [0.717, 1.165) is 47.5 Å². The Labute approximate surface area is 219 Å². The molecule has 1 heterocycles. The second kappa shape index (κ2) is 11.1. The van der Waals surface area contributed by atoms with Gasteiger partial charge in [-0.2, -0.15) is 0 Å². The number of carbonyl (C=O) groups excluding carboxylic acids is 2. The lowest BCUT2D eigenvalue weighted by atomic mass is 9.93. The minimum absolute atomic E-state index is 0.103. The predicted molar refractivity (Wildman–Crippen MR) is 149 cm³/mol. The molecule has 1 aliphatic carbocycles. The van der Waals surface area contributed by atoms with Crippen molar-refractivity contribution >= 4 is 23.5 Å². The number of ether oxygens (including phenoxy) is 1. The van der Waals surface area contributed by atoms with Gasteiger partial charge in [-0.3, -0.25) is 14.5 Å². The summed E-state index contributed by atoms with van der Waals surface area (Å²) in [4.78, 5) is 27.0. The molecule has 5 nitrogen and oxygen atoms in total. The van der Waals surface area contributed by atoms with Crippen LogP contribution in [-0.2, 0) is 16.1 Å². The topological polar surface area (TPSA) is 58.6 Å². The standard InChI is InChI=1S/C32H34N2O3/c1-22-3-7-24(8-4-22)25-9-16-31-27(19-25)20-26(17-18-37-31)32(36)33-28-10-5-23(6-11-28)21-34(2)29-12-14-30(35)15-13-29/h3-11,16,19-20,29H,12-15,17-18,21H2,1-2H3,(H,33,36). The highest BCUT2D eigenvalue weighted by Gasteiger charge is 2.22. The first-order valence-corrected chi connectivity index (χ1v) is 13.1. The summed E-state index contributed by atoms with van der Waals surface area (Å²) in [5.41, 5.74) is 7.05. The Balaban J connectivity index is 1.25. The third-order valence-electron chi connectivity index (χ3n) is 7.42. The summed E-state index contributed by atoms with van der Waals surface area (Å²) in [5.74, 6) is 1.08. The average molecular weight is 495 g/mol. The first kappa shape index (κ1) is 25.0. The molecule has 1 aliphatic heterocycles. The molecule has 1 N–H and O–H groups in total. The normalized spacial score (nSPS) is 16.0. The highest BCUT2D eigenvalue weighted by molar-refractivity contribution is 6.07. The number of nitrogens with zero attached hydrogens (tertiary/aromatic N) is 1. The van der Waals surface area contributed by atoms with E-state index in [9.17, 15) is 9.59 Å². The third-order valence-corrected chi connectivity index (χ3v) is 7.42. The summed E-state index contributed by atoms with van der Waals surface area (Å²) in [6.07, 6.45) is 5.77. The number of hydrogen-bond donors (Lipinski definition) is 1. The Morgan fingerprint density at radius 3 is 2.38 bits per heavy atom. The fourth-order valence-electron chi connectivity index (χ4n) is 5.12. The molecule has 5 heteroatoms. The second-order valence-electron chi connectivity index (χ2n) is 10.2.